The molecule has 117 heavy (non-hydrogen) atoms. The van der Waals surface area contributed by atoms with Crippen molar-refractivity contribution in [1.82, 2.24) is 89.5 Å². The molecular weight excluding hydrogens is 1470 g/mol. The van der Waals surface area contributed by atoms with Crippen LogP contribution in [0.3, 0.4) is 0 Å². The van der Waals surface area contributed by atoms with Crippen LogP contribution in [0.2, 0.25) is 0 Å². The van der Waals surface area contributed by atoms with Crippen molar-refractivity contribution in [3.8, 4) is 68.3 Å². The van der Waals surface area contributed by atoms with Crippen molar-refractivity contribution < 1.29 is 28.6 Å². The molecule has 3 saturated heterocycles. The largest absolute Gasteiger partial charge is 0.457 e. The third-order valence-electron chi connectivity index (χ3n) is 22.9. The van der Waals surface area contributed by atoms with Crippen molar-refractivity contribution in [1.29, 1.82) is 0 Å². The minimum Gasteiger partial charge on any atom is -0.457 e. The summed E-state index contributed by atoms with van der Waals surface area (Å²) in [6.45, 7) is 6.13. The van der Waals surface area contributed by atoms with E-state index in [1.165, 1.54) is 76.8 Å². The molecule has 18 rings (SSSR count). The standard InChI is InChI=1S/C31H35N7O2.C30H33N7O2.C29H31N7O2/c1-36(23-8-5-9-23)18-7-13-27(39)37-19-6-10-24(20-37)38-31-28(30(32)33-21-34-31)29(35-38)22-14-16-26(17-15-22)40-25-11-3-2-4-12-25;31-29-27-28(21-13-15-25(16-14-21)39-24-10-2-1-3-11-24)35-37(30(27)34-20-33-29)23-9-6-18-36(19-23)26(38)12-5-17-32-22-7-4-8-22;30-28-26-27(20-11-13-24(14-12-20)38-23-8-2-1-3-9-23)34-36(29(26)33-19-32-28)22-15-17-35(18-22)25(37)10-5-16-31-21-6-4-7-21/h2-4,7,11-17,21,23-24H,5-6,8-10,18-20H2,1H3,(H2,32,33,34);1-3,5,10-16,20,22-23,32H,4,6-9,17-19H2,(H2,31,33,34);1-3,5,8-14,19,21-22,31H,4,6-7,15-18H2,(H2,30,32,33)/b13-7+;12-5+;10-5+/t24-;23-;22-/m111/s1. The van der Waals surface area contributed by atoms with Gasteiger partial charge in [-0.2, -0.15) is 15.3 Å². The highest BCUT2D eigenvalue weighted by Gasteiger charge is 2.34. The Morgan fingerprint density at radius 2 is 0.718 bits per heavy atom. The molecule has 6 aromatic carbocycles. The van der Waals surface area contributed by atoms with Gasteiger partial charge in [-0.25, -0.2) is 43.9 Å². The number of hydrogen-bond acceptors (Lipinski definition) is 21. The Kier molecular flexibility index (Phi) is 24.6. The third-order valence-corrected chi connectivity index (χ3v) is 22.9. The molecule has 9 heterocycles. The first-order valence-electron chi connectivity index (χ1n) is 40.9. The van der Waals surface area contributed by atoms with Gasteiger partial charge in [0, 0.05) is 112 Å². The molecule has 3 saturated carbocycles. The van der Waals surface area contributed by atoms with Crippen molar-refractivity contribution in [2.75, 3.05) is 83.2 Å². The number of likely N-dealkylation sites (N-methyl/N-ethyl adjacent to an activating group) is 1. The molecule has 12 aromatic rings. The SMILES string of the molecule is CN(C/C=C/C(=O)N1CCC[C@@H](n2nc(-c3ccc(Oc4ccccc4)cc3)c3c(N)ncnc32)C1)C1CCC1.Nc1ncnc2c1c(-c1ccc(Oc3ccccc3)cc1)nn2[C@@H]1CCCN(C(=O)/C=C/CNC2CCC2)C1.Nc1ncnc2c1c(-c1ccc(Oc3ccccc3)cc1)nn2[C@@H]1CCN(C(=O)/C=C/CNC2CCC2)C1. The number of likely N-dealkylation sites (tertiary alicyclic amines) is 3. The number of piperidine rings is 2. The number of carbonyl (C=O) groups is 3. The zero-order chi connectivity index (χ0) is 80.0. The number of nitrogen functional groups attached to an aromatic ring is 3. The number of nitrogens with zero attached hydrogens (tertiary/aromatic N) is 16. The smallest absolute Gasteiger partial charge is 0.246 e. The van der Waals surface area contributed by atoms with Gasteiger partial charge in [-0.05, 0) is 187 Å². The van der Waals surface area contributed by atoms with Crippen molar-refractivity contribution >= 4 is 68.3 Å². The second-order valence-electron chi connectivity index (χ2n) is 30.8. The summed E-state index contributed by atoms with van der Waals surface area (Å²) in [5.41, 5.74) is 25.9. The first-order valence-corrected chi connectivity index (χ1v) is 40.9. The molecule has 27 heteroatoms. The van der Waals surface area contributed by atoms with E-state index in [2.05, 4.69) is 52.5 Å². The number of amides is 3. The van der Waals surface area contributed by atoms with Gasteiger partial charge in [0.25, 0.3) is 0 Å². The summed E-state index contributed by atoms with van der Waals surface area (Å²) in [6, 6.07) is 54.2. The van der Waals surface area contributed by atoms with E-state index in [1.54, 1.807) is 18.2 Å². The number of ether oxygens (including phenoxy) is 3. The van der Waals surface area contributed by atoms with Gasteiger partial charge in [0.15, 0.2) is 16.9 Å². The average Bonchev–Trinajstić information content (AvgIpc) is 1.63. The van der Waals surface area contributed by atoms with E-state index in [1.807, 2.05) is 211 Å². The Morgan fingerprint density at radius 1 is 0.393 bits per heavy atom. The molecule has 0 radical (unpaired) electrons. The topological polar surface area (TPSA) is 325 Å². The number of carbonyl (C=O) groups excluding carboxylic acids is 3. The van der Waals surface area contributed by atoms with Gasteiger partial charge in [0.05, 0.1) is 34.3 Å². The molecular formula is C90H99N21O6. The van der Waals surface area contributed by atoms with Crippen LogP contribution in [-0.4, -0.2) is 181 Å². The van der Waals surface area contributed by atoms with Gasteiger partial charge in [-0.15, -0.1) is 0 Å². The summed E-state index contributed by atoms with van der Waals surface area (Å²) in [6.07, 6.45) is 31.1. The van der Waals surface area contributed by atoms with Crippen LogP contribution in [0.4, 0.5) is 17.5 Å². The van der Waals surface area contributed by atoms with E-state index >= 15 is 0 Å². The van der Waals surface area contributed by atoms with Gasteiger partial charge in [0.1, 0.15) is 88.0 Å². The van der Waals surface area contributed by atoms with Crippen LogP contribution in [0.15, 0.2) is 219 Å². The highest BCUT2D eigenvalue weighted by atomic mass is 16.5. The molecule has 6 aromatic heterocycles. The number of hydrogen-bond donors (Lipinski definition) is 5. The summed E-state index contributed by atoms with van der Waals surface area (Å²) < 4.78 is 23.6. The lowest BCUT2D eigenvalue weighted by Crippen LogP contribution is -2.40. The van der Waals surface area contributed by atoms with Gasteiger partial charge in [-0.3, -0.25) is 19.3 Å². The number of benzene rings is 6. The van der Waals surface area contributed by atoms with E-state index in [9.17, 15) is 14.4 Å². The summed E-state index contributed by atoms with van der Waals surface area (Å²) in [5.74, 6) is 5.79. The summed E-state index contributed by atoms with van der Waals surface area (Å²) in [5, 5.41) is 24.0. The van der Waals surface area contributed by atoms with E-state index < -0.39 is 0 Å². The van der Waals surface area contributed by atoms with Crippen LogP contribution in [-0.2, 0) is 14.4 Å². The maximum Gasteiger partial charge on any atom is 0.246 e. The lowest BCUT2D eigenvalue weighted by molar-refractivity contribution is -0.128. The van der Waals surface area contributed by atoms with Crippen LogP contribution >= 0.6 is 0 Å². The lowest BCUT2D eigenvalue weighted by Gasteiger charge is -2.34. The van der Waals surface area contributed by atoms with Gasteiger partial charge < -0.3 is 56.7 Å². The van der Waals surface area contributed by atoms with Crippen LogP contribution in [0, 0.1) is 0 Å². The summed E-state index contributed by atoms with van der Waals surface area (Å²) >= 11 is 0. The normalized spacial score (nSPS) is 17.9. The Hall–Kier alpha value is -12.7. The number of anilines is 3. The fourth-order valence-corrected chi connectivity index (χ4v) is 15.7. The summed E-state index contributed by atoms with van der Waals surface area (Å²) in [4.78, 5) is 73.2. The van der Waals surface area contributed by atoms with Crippen LogP contribution in [0.5, 0.6) is 34.5 Å². The fraction of sp³-hybridized carbons (Fsp3) is 0.333. The average molecular weight is 1570 g/mol. The molecule has 6 fully saturated rings. The summed E-state index contributed by atoms with van der Waals surface area (Å²) in [7, 11) is 2.13. The van der Waals surface area contributed by atoms with Gasteiger partial charge >= 0.3 is 0 Å². The van der Waals surface area contributed by atoms with Gasteiger partial charge in [-0.1, -0.05) is 92.1 Å². The Bertz CT molecular complexity index is 5480. The van der Waals surface area contributed by atoms with E-state index in [0.29, 0.717) is 78.7 Å². The number of nitrogens with one attached hydrogen (secondary N) is 2. The van der Waals surface area contributed by atoms with Crippen molar-refractivity contribution in [2.24, 2.45) is 0 Å². The van der Waals surface area contributed by atoms with Crippen molar-refractivity contribution in [3.63, 3.8) is 0 Å². The molecule has 0 unspecified atom stereocenters. The predicted octanol–water partition coefficient (Wildman–Crippen LogP) is 14.1. The second-order valence-corrected chi connectivity index (χ2v) is 30.8. The van der Waals surface area contributed by atoms with Crippen LogP contribution in [0.1, 0.15) is 108 Å². The fourth-order valence-electron chi connectivity index (χ4n) is 15.7. The zero-order valence-corrected chi connectivity index (χ0v) is 65.8. The monoisotopic (exact) mass is 1570 g/mol. The molecule has 600 valence electrons. The van der Waals surface area contributed by atoms with Crippen molar-refractivity contribution in [3.05, 3.63) is 219 Å². The van der Waals surface area contributed by atoms with Gasteiger partial charge in [0.2, 0.25) is 17.7 Å². The minimum absolute atomic E-state index is 0.00422. The first-order chi connectivity index (χ1) is 57.4. The Morgan fingerprint density at radius 3 is 1.05 bits per heavy atom. The van der Waals surface area contributed by atoms with E-state index in [0.717, 1.165) is 149 Å². The zero-order valence-electron chi connectivity index (χ0n) is 65.8. The third kappa shape index (κ3) is 18.7. The highest BCUT2D eigenvalue weighted by Crippen LogP contribution is 2.40. The molecule has 6 aliphatic rings. The van der Waals surface area contributed by atoms with E-state index in [-0.39, 0.29) is 35.8 Å². The second kappa shape index (κ2) is 36.8. The van der Waals surface area contributed by atoms with Crippen molar-refractivity contribution in [2.45, 2.75) is 126 Å². The molecule has 3 aliphatic heterocycles. The molecule has 27 nitrogen and oxygen atoms in total. The molecule has 0 spiro atoms. The quantitative estimate of drug-likeness (QED) is 0.0351. The number of nitrogens with two attached hydrogens (primary N) is 3. The predicted molar refractivity (Wildman–Crippen MR) is 454 cm³/mol. The van der Waals surface area contributed by atoms with Crippen LogP contribution < -0.4 is 42.0 Å². The van der Waals surface area contributed by atoms with E-state index in [4.69, 9.17) is 46.7 Å². The molecule has 0 bridgehead atoms. The highest BCUT2D eigenvalue weighted by molar-refractivity contribution is 6.00. The molecule has 3 amide bonds. The number of rotatable bonds is 24. The number of para-hydroxylation sites is 3. The maximum absolute atomic E-state index is 13.1. The number of aromatic nitrogens is 12. The Labute approximate surface area is 679 Å². The maximum atomic E-state index is 13.1. The first kappa shape index (κ1) is 78.2. The molecule has 3 aliphatic carbocycles. The minimum atomic E-state index is -0.00464. The van der Waals surface area contributed by atoms with Crippen LogP contribution in [0.25, 0.3) is 66.9 Å². The Balaban J connectivity index is 0.000000131. The lowest BCUT2D eigenvalue weighted by atomic mass is 9.92. The molecule has 8 N–H and O–H groups in total. The molecule has 3 atom stereocenters. The number of fused-ring (bicyclic) bond motifs is 3.